The number of aliphatic hydroxyl groups excluding tert-OH is 1. The second kappa shape index (κ2) is 8.20. The highest BCUT2D eigenvalue weighted by Crippen LogP contribution is 2.09. The number of carbonyl (C=O) groups is 1. The molecule has 0 fully saturated rings. The molecular weight excluding hydrogens is 278 g/mol. The lowest BCUT2D eigenvalue weighted by Crippen LogP contribution is -2.36. The predicted molar refractivity (Wildman–Crippen MR) is 85.2 cm³/mol. The van der Waals surface area contributed by atoms with Crippen molar-refractivity contribution in [2.45, 2.75) is 26.2 Å². The van der Waals surface area contributed by atoms with Crippen LogP contribution in [0.15, 0.2) is 60.7 Å². The van der Waals surface area contributed by atoms with Crippen LogP contribution in [0, 0.1) is 0 Å². The van der Waals surface area contributed by atoms with Crippen molar-refractivity contribution in [1.29, 1.82) is 0 Å². The number of ether oxygens (including phenoxy) is 1. The molecule has 0 aliphatic carbocycles. The maximum absolute atomic E-state index is 12.2. The summed E-state index contributed by atoms with van der Waals surface area (Å²) in [6.45, 7) is 2.54. The molecule has 0 aromatic heterocycles. The number of hydrogen-bond donors (Lipinski definition) is 1. The Labute approximate surface area is 131 Å². The molecule has 2 aromatic rings. The molecule has 0 bridgehead atoms. The van der Waals surface area contributed by atoms with E-state index in [0.717, 1.165) is 11.1 Å². The first-order valence-corrected chi connectivity index (χ1v) is 7.33. The molecule has 2 aromatic carbocycles. The highest BCUT2D eigenvalue weighted by atomic mass is 16.6. The minimum absolute atomic E-state index is 0.227. The molecule has 4 heteroatoms. The number of aliphatic hydroxyl groups is 1. The van der Waals surface area contributed by atoms with Gasteiger partial charge < -0.3 is 14.7 Å². The van der Waals surface area contributed by atoms with Crippen LogP contribution in [0.25, 0.3) is 0 Å². The van der Waals surface area contributed by atoms with Crippen molar-refractivity contribution in [3.8, 4) is 0 Å². The van der Waals surface area contributed by atoms with Crippen LogP contribution < -0.4 is 0 Å². The molecule has 22 heavy (non-hydrogen) atoms. The summed E-state index contributed by atoms with van der Waals surface area (Å²) in [4.78, 5) is 13.8. The van der Waals surface area contributed by atoms with Gasteiger partial charge in [-0.1, -0.05) is 60.7 Å². The van der Waals surface area contributed by atoms with Gasteiger partial charge in [0.15, 0.2) is 0 Å². The Morgan fingerprint density at radius 3 is 2.14 bits per heavy atom. The third-order valence-corrected chi connectivity index (χ3v) is 3.16. The number of benzene rings is 2. The Morgan fingerprint density at radius 1 is 1.05 bits per heavy atom. The van der Waals surface area contributed by atoms with Gasteiger partial charge in [-0.2, -0.15) is 0 Å². The van der Waals surface area contributed by atoms with E-state index in [9.17, 15) is 9.90 Å². The van der Waals surface area contributed by atoms with E-state index in [2.05, 4.69) is 0 Å². The van der Waals surface area contributed by atoms with Gasteiger partial charge in [0.1, 0.15) is 6.61 Å². The molecule has 0 radical (unpaired) electrons. The van der Waals surface area contributed by atoms with Crippen LogP contribution in [0.1, 0.15) is 18.1 Å². The fraction of sp³-hybridized carbons (Fsp3) is 0.278. The summed E-state index contributed by atoms with van der Waals surface area (Å²) in [5.41, 5.74) is 1.94. The summed E-state index contributed by atoms with van der Waals surface area (Å²) in [7, 11) is 0. The minimum Gasteiger partial charge on any atom is -0.445 e. The van der Waals surface area contributed by atoms with E-state index < -0.39 is 12.2 Å². The molecule has 0 aliphatic rings. The molecule has 0 unspecified atom stereocenters. The Morgan fingerprint density at radius 2 is 1.59 bits per heavy atom. The van der Waals surface area contributed by atoms with Crippen molar-refractivity contribution in [2.24, 2.45) is 0 Å². The zero-order valence-electron chi connectivity index (χ0n) is 12.7. The van der Waals surface area contributed by atoms with Gasteiger partial charge in [0.05, 0.1) is 12.6 Å². The maximum atomic E-state index is 12.2. The highest BCUT2D eigenvalue weighted by Gasteiger charge is 2.17. The van der Waals surface area contributed by atoms with E-state index in [1.165, 1.54) is 4.90 Å². The average molecular weight is 299 g/mol. The molecule has 0 aliphatic heterocycles. The number of hydrogen-bond acceptors (Lipinski definition) is 3. The van der Waals surface area contributed by atoms with Gasteiger partial charge in [-0.25, -0.2) is 4.79 Å². The smallest absolute Gasteiger partial charge is 0.410 e. The fourth-order valence-electron chi connectivity index (χ4n) is 2.14. The zero-order chi connectivity index (χ0) is 15.8. The Balaban J connectivity index is 1.96. The standard InChI is InChI=1S/C18H21NO3/c1-15(20)12-19(13-16-8-4-2-5-9-16)18(21)22-14-17-10-6-3-7-11-17/h2-11,15,20H,12-14H2,1H3/t15-/m1/s1. The second-order valence-electron chi connectivity index (χ2n) is 5.26. The average Bonchev–Trinajstić information content (AvgIpc) is 2.53. The third kappa shape index (κ3) is 5.22. The van der Waals surface area contributed by atoms with Crippen molar-refractivity contribution >= 4 is 6.09 Å². The van der Waals surface area contributed by atoms with Crippen molar-refractivity contribution in [3.63, 3.8) is 0 Å². The zero-order valence-corrected chi connectivity index (χ0v) is 12.7. The minimum atomic E-state index is -0.604. The molecule has 0 heterocycles. The van der Waals surface area contributed by atoms with Gasteiger partial charge in [-0.3, -0.25) is 0 Å². The van der Waals surface area contributed by atoms with Crippen LogP contribution in [0.5, 0.6) is 0 Å². The summed E-state index contributed by atoms with van der Waals surface area (Å²) in [5, 5.41) is 9.59. The molecule has 116 valence electrons. The number of rotatable bonds is 6. The molecule has 0 saturated heterocycles. The Hall–Kier alpha value is -2.33. The first-order valence-electron chi connectivity index (χ1n) is 7.33. The SMILES string of the molecule is C[C@@H](O)CN(Cc1ccccc1)C(=O)OCc1ccccc1. The van der Waals surface area contributed by atoms with Crippen molar-refractivity contribution in [2.75, 3.05) is 6.54 Å². The molecule has 0 spiro atoms. The van der Waals surface area contributed by atoms with Crippen molar-refractivity contribution in [1.82, 2.24) is 4.90 Å². The first-order chi connectivity index (χ1) is 10.6. The molecule has 0 saturated carbocycles. The van der Waals surface area contributed by atoms with Gasteiger partial charge in [-0.05, 0) is 18.1 Å². The van der Waals surface area contributed by atoms with Gasteiger partial charge in [0.25, 0.3) is 0 Å². The number of nitrogens with zero attached hydrogens (tertiary/aromatic N) is 1. The summed E-state index contributed by atoms with van der Waals surface area (Å²) < 4.78 is 5.34. The van der Waals surface area contributed by atoms with E-state index in [-0.39, 0.29) is 13.2 Å². The summed E-state index contributed by atoms with van der Waals surface area (Å²) in [6, 6.07) is 19.2. The first kappa shape index (κ1) is 16.0. The van der Waals surface area contributed by atoms with Crippen LogP contribution in [0.4, 0.5) is 4.79 Å². The Bertz CT molecular complexity index is 569. The van der Waals surface area contributed by atoms with Gasteiger partial charge in [0.2, 0.25) is 0 Å². The second-order valence-corrected chi connectivity index (χ2v) is 5.26. The monoisotopic (exact) mass is 299 g/mol. The van der Waals surface area contributed by atoms with Crippen molar-refractivity contribution in [3.05, 3.63) is 71.8 Å². The van der Waals surface area contributed by atoms with Crippen LogP contribution in [0.2, 0.25) is 0 Å². The van der Waals surface area contributed by atoms with Gasteiger partial charge >= 0.3 is 6.09 Å². The van der Waals surface area contributed by atoms with Crippen LogP contribution in [0.3, 0.4) is 0 Å². The maximum Gasteiger partial charge on any atom is 0.410 e. The van der Waals surface area contributed by atoms with E-state index in [4.69, 9.17) is 4.74 Å². The normalized spacial score (nSPS) is 11.7. The summed E-state index contributed by atoms with van der Waals surface area (Å²) >= 11 is 0. The molecule has 1 amide bonds. The van der Waals surface area contributed by atoms with E-state index in [1.807, 2.05) is 60.7 Å². The van der Waals surface area contributed by atoms with Crippen molar-refractivity contribution < 1.29 is 14.6 Å². The largest absolute Gasteiger partial charge is 0.445 e. The highest BCUT2D eigenvalue weighted by molar-refractivity contribution is 5.67. The molecule has 2 rings (SSSR count). The molecule has 1 N–H and O–H groups in total. The summed E-state index contributed by atoms with van der Waals surface area (Å²) in [6.07, 6.45) is -1.03. The van der Waals surface area contributed by atoms with Crippen LogP contribution in [-0.2, 0) is 17.9 Å². The fourth-order valence-corrected chi connectivity index (χ4v) is 2.14. The van der Waals surface area contributed by atoms with Gasteiger partial charge in [-0.15, -0.1) is 0 Å². The molecule has 4 nitrogen and oxygen atoms in total. The lowest BCUT2D eigenvalue weighted by molar-refractivity contribution is 0.0705. The van der Waals surface area contributed by atoms with E-state index >= 15 is 0 Å². The molecular formula is C18H21NO3. The van der Waals surface area contributed by atoms with Crippen LogP contribution in [-0.4, -0.2) is 28.7 Å². The van der Waals surface area contributed by atoms with E-state index in [0.29, 0.717) is 6.54 Å². The van der Waals surface area contributed by atoms with Gasteiger partial charge in [0, 0.05) is 6.54 Å². The summed E-state index contributed by atoms with van der Waals surface area (Å²) in [5.74, 6) is 0. The quantitative estimate of drug-likeness (QED) is 0.891. The number of amides is 1. The van der Waals surface area contributed by atoms with E-state index in [1.54, 1.807) is 6.92 Å². The third-order valence-electron chi connectivity index (χ3n) is 3.16. The number of carbonyl (C=O) groups excluding carboxylic acids is 1. The lowest BCUT2D eigenvalue weighted by Gasteiger charge is -2.23. The predicted octanol–water partition coefficient (Wildman–Crippen LogP) is 3.21. The topological polar surface area (TPSA) is 49.8 Å². The lowest BCUT2D eigenvalue weighted by atomic mass is 10.2. The molecule has 1 atom stereocenters. The Kier molecular flexibility index (Phi) is 5.98. The van der Waals surface area contributed by atoms with Crippen LogP contribution >= 0.6 is 0 Å².